The topological polar surface area (TPSA) is 103 Å². The van der Waals surface area contributed by atoms with Crippen LogP contribution in [-0.4, -0.2) is 42.1 Å². The maximum absolute atomic E-state index is 11.3. The first-order chi connectivity index (χ1) is 16.0. The van der Waals surface area contributed by atoms with Crippen LogP contribution in [0.25, 0.3) is 11.4 Å². The molecular weight excluding hydrogens is 418 g/mol. The van der Waals surface area contributed by atoms with E-state index >= 15 is 0 Å². The summed E-state index contributed by atoms with van der Waals surface area (Å²) in [4.78, 5) is 20.7. The predicted octanol–water partition coefficient (Wildman–Crippen LogP) is 4.23. The molecule has 2 atom stereocenters. The summed E-state index contributed by atoms with van der Waals surface area (Å²) in [6, 6.07) is 9.92. The highest BCUT2D eigenvalue weighted by Crippen LogP contribution is 2.29. The molecule has 3 aromatic rings. The van der Waals surface area contributed by atoms with Gasteiger partial charge in [0.15, 0.2) is 0 Å². The monoisotopic (exact) mass is 449 g/mol. The largest absolute Gasteiger partial charge is 0.489 e. The van der Waals surface area contributed by atoms with Gasteiger partial charge in [0.25, 0.3) is 0 Å². The van der Waals surface area contributed by atoms with Crippen LogP contribution in [0.3, 0.4) is 0 Å². The molecule has 4 rings (SSSR count). The van der Waals surface area contributed by atoms with E-state index in [1.165, 1.54) is 0 Å². The van der Waals surface area contributed by atoms with E-state index in [4.69, 9.17) is 9.72 Å². The highest BCUT2D eigenvalue weighted by Gasteiger charge is 2.28. The van der Waals surface area contributed by atoms with Gasteiger partial charge >= 0.3 is 5.97 Å². The standard InChI is InChI=1S/C25H31N5O3/c1-3-4-8-18-9-6-10-19(27-18)15-23-24(28-29-30(23)2)22-13-12-21(16-26-22)33-20-11-5-7-17(14-20)25(31)32/h6,9-10,12-13,16-17,20H,3-5,7-8,11,14-15H2,1-2H3,(H,31,32)/t17-,20-/m0/s1. The smallest absolute Gasteiger partial charge is 0.306 e. The van der Waals surface area contributed by atoms with Crippen LogP contribution in [0.2, 0.25) is 0 Å². The van der Waals surface area contributed by atoms with E-state index in [9.17, 15) is 9.90 Å². The third-order valence-corrected chi connectivity index (χ3v) is 6.20. The summed E-state index contributed by atoms with van der Waals surface area (Å²) < 4.78 is 7.80. The van der Waals surface area contributed by atoms with E-state index in [1.807, 2.05) is 25.2 Å². The van der Waals surface area contributed by atoms with Crippen LogP contribution in [-0.2, 0) is 24.7 Å². The van der Waals surface area contributed by atoms with Crippen molar-refractivity contribution in [1.82, 2.24) is 25.0 Å². The van der Waals surface area contributed by atoms with Gasteiger partial charge in [-0.25, -0.2) is 0 Å². The molecule has 0 saturated heterocycles. The Hall–Kier alpha value is -3.29. The molecule has 1 aliphatic rings. The molecule has 1 saturated carbocycles. The van der Waals surface area contributed by atoms with Gasteiger partial charge in [0.1, 0.15) is 11.4 Å². The number of nitrogens with zero attached hydrogens (tertiary/aromatic N) is 5. The van der Waals surface area contributed by atoms with E-state index in [-0.39, 0.29) is 12.0 Å². The lowest BCUT2D eigenvalue weighted by molar-refractivity contribution is -0.143. The Morgan fingerprint density at radius 2 is 2.06 bits per heavy atom. The van der Waals surface area contributed by atoms with Crippen LogP contribution in [0.1, 0.15) is 62.5 Å². The highest BCUT2D eigenvalue weighted by atomic mass is 16.5. The normalized spacial score (nSPS) is 18.2. The van der Waals surface area contributed by atoms with Crippen LogP contribution >= 0.6 is 0 Å². The molecule has 1 fully saturated rings. The molecule has 3 heterocycles. The quantitative estimate of drug-likeness (QED) is 0.521. The first-order valence-corrected chi connectivity index (χ1v) is 11.7. The van der Waals surface area contributed by atoms with E-state index in [0.29, 0.717) is 18.6 Å². The van der Waals surface area contributed by atoms with E-state index in [1.54, 1.807) is 10.9 Å². The fourth-order valence-electron chi connectivity index (χ4n) is 4.33. The minimum Gasteiger partial charge on any atom is -0.489 e. The third-order valence-electron chi connectivity index (χ3n) is 6.20. The number of carbonyl (C=O) groups is 1. The van der Waals surface area contributed by atoms with Gasteiger partial charge in [-0.1, -0.05) is 24.6 Å². The van der Waals surface area contributed by atoms with E-state index in [0.717, 1.165) is 67.0 Å². The van der Waals surface area contributed by atoms with E-state index < -0.39 is 5.97 Å². The van der Waals surface area contributed by atoms with Crippen molar-refractivity contribution in [1.29, 1.82) is 0 Å². The molecule has 0 aliphatic heterocycles. The molecule has 0 bridgehead atoms. The Balaban J connectivity index is 1.46. The maximum Gasteiger partial charge on any atom is 0.306 e. The van der Waals surface area contributed by atoms with Gasteiger partial charge in [-0.2, -0.15) is 0 Å². The Morgan fingerprint density at radius 3 is 2.82 bits per heavy atom. The van der Waals surface area contributed by atoms with Gasteiger partial charge < -0.3 is 9.84 Å². The number of carboxylic acids is 1. The second-order valence-electron chi connectivity index (χ2n) is 8.73. The average Bonchev–Trinajstić information content (AvgIpc) is 3.18. The Labute approximate surface area is 194 Å². The van der Waals surface area contributed by atoms with Crippen LogP contribution in [0.5, 0.6) is 5.75 Å². The first-order valence-electron chi connectivity index (χ1n) is 11.7. The van der Waals surface area contributed by atoms with Crippen molar-refractivity contribution in [2.45, 2.75) is 64.4 Å². The molecule has 8 heteroatoms. The predicted molar refractivity (Wildman–Crippen MR) is 124 cm³/mol. The second-order valence-corrected chi connectivity index (χ2v) is 8.73. The van der Waals surface area contributed by atoms with Crippen LogP contribution in [0, 0.1) is 5.92 Å². The molecule has 0 radical (unpaired) electrons. The highest BCUT2D eigenvalue weighted by molar-refractivity contribution is 5.70. The van der Waals surface area contributed by atoms with Crippen molar-refractivity contribution in [3.63, 3.8) is 0 Å². The molecule has 0 unspecified atom stereocenters. The summed E-state index contributed by atoms with van der Waals surface area (Å²) in [7, 11) is 1.88. The number of carboxylic acid groups (broad SMARTS) is 1. The van der Waals surface area contributed by atoms with Crippen LogP contribution in [0.15, 0.2) is 36.5 Å². The van der Waals surface area contributed by atoms with Crippen molar-refractivity contribution in [3.05, 3.63) is 53.6 Å². The number of aryl methyl sites for hydroxylation is 2. The van der Waals surface area contributed by atoms with Gasteiger partial charge in [-0.15, -0.1) is 5.10 Å². The van der Waals surface area contributed by atoms with Crippen molar-refractivity contribution in [2.75, 3.05) is 0 Å². The number of hydrogen-bond acceptors (Lipinski definition) is 6. The van der Waals surface area contributed by atoms with Gasteiger partial charge in [0.05, 0.1) is 29.6 Å². The van der Waals surface area contributed by atoms with Gasteiger partial charge in [0, 0.05) is 24.9 Å². The van der Waals surface area contributed by atoms with Crippen molar-refractivity contribution in [3.8, 4) is 17.1 Å². The number of pyridine rings is 2. The zero-order valence-corrected chi connectivity index (χ0v) is 19.3. The lowest BCUT2D eigenvalue weighted by atomic mass is 9.87. The molecule has 0 spiro atoms. The third kappa shape index (κ3) is 5.74. The van der Waals surface area contributed by atoms with Crippen molar-refractivity contribution in [2.24, 2.45) is 13.0 Å². The maximum atomic E-state index is 11.3. The molecule has 33 heavy (non-hydrogen) atoms. The summed E-state index contributed by atoms with van der Waals surface area (Å²) in [6.07, 6.45) is 8.46. The van der Waals surface area contributed by atoms with Crippen molar-refractivity contribution >= 4 is 5.97 Å². The molecule has 3 aromatic heterocycles. The Bertz CT molecular complexity index is 1080. The summed E-state index contributed by atoms with van der Waals surface area (Å²) in [6.45, 7) is 2.18. The summed E-state index contributed by atoms with van der Waals surface area (Å²) in [5.41, 5.74) is 4.50. The fraction of sp³-hybridized carbons (Fsp3) is 0.480. The van der Waals surface area contributed by atoms with Gasteiger partial charge in [0.2, 0.25) is 0 Å². The summed E-state index contributed by atoms with van der Waals surface area (Å²) >= 11 is 0. The van der Waals surface area contributed by atoms with Crippen LogP contribution < -0.4 is 4.74 Å². The summed E-state index contributed by atoms with van der Waals surface area (Å²) in [5, 5.41) is 17.8. The number of unbranched alkanes of at least 4 members (excludes halogenated alkanes) is 1. The number of aromatic nitrogens is 5. The van der Waals surface area contributed by atoms with E-state index in [2.05, 4.69) is 34.4 Å². The Kier molecular flexibility index (Phi) is 7.32. The molecule has 0 aromatic carbocycles. The zero-order valence-electron chi connectivity index (χ0n) is 19.3. The lowest BCUT2D eigenvalue weighted by Crippen LogP contribution is -2.29. The molecule has 1 N–H and O–H groups in total. The number of aliphatic carboxylic acids is 1. The SMILES string of the molecule is CCCCc1cccc(Cc2c(-c3ccc(O[C@H]4CCC[C@H](C(=O)O)C4)cn3)nnn2C)n1. The average molecular weight is 450 g/mol. The molecule has 174 valence electrons. The molecule has 0 amide bonds. The fourth-order valence-corrected chi connectivity index (χ4v) is 4.33. The molecule has 1 aliphatic carbocycles. The minimum absolute atomic E-state index is 0.0920. The number of rotatable bonds is 9. The number of ether oxygens (including phenoxy) is 1. The first kappa shape index (κ1) is 22.9. The molecule has 8 nitrogen and oxygen atoms in total. The second kappa shape index (κ2) is 10.6. The lowest BCUT2D eigenvalue weighted by Gasteiger charge is -2.27. The molecular formula is C25H31N5O3. The van der Waals surface area contributed by atoms with Gasteiger partial charge in [-0.05, 0) is 62.8 Å². The van der Waals surface area contributed by atoms with Crippen molar-refractivity contribution < 1.29 is 14.6 Å². The number of hydrogen-bond donors (Lipinski definition) is 1. The Morgan fingerprint density at radius 1 is 1.21 bits per heavy atom. The minimum atomic E-state index is -0.739. The van der Waals surface area contributed by atoms with Crippen LogP contribution in [0.4, 0.5) is 0 Å². The zero-order chi connectivity index (χ0) is 23.2. The van der Waals surface area contributed by atoms with Gasteiger partial charge in [-0.3, -0.25) is 19.4 Å². The summed E-state index contributed by atoms with van der Waals surface area (Å²) in [5.74, 6) is -0.421.